The molecule has 3 aliphatic rings. The van der Waals surface area contributed by atoms with Gasteiger partial charge in [-0.2, -0.15) is 0 Å². The highest BCUT2D eigenvalue weighted by Crippen LogP contribution is 2.31. The Balaban J connectivity index is 1.78. The van der Waals surface area contributed by atoms with Gasteiger partial charge in [-0.25, -0.2) is 0 Å². The van der Waals surface area contributed by atoms with E-state index in [1.165, 1.54) is 89.9 Å². The molecule has 0 aromatic carbocycles. The molecule has 122 valence electrons. The van der Waals surface area contributed by atoms with Crippen molar-refractivity contribution < 1.29 is 4.74 Å². The maximum atomic E-state index is 6.60. The summed E-state index contributed by atoms with van der Waals surface area (Å²) >= 11 is 0. The Kier molecular flexibility index (Phi) is 5.99. The van der Waals surface area contributed by atoms with Crippen LogP contribution in [-0.4, -0.2) is 36.2 Å². The molecule has 0 radical (unpaired) electrons. The van der Waals surface area contributed by atoms with Crippen LogP contribution in [0.25, 0.3) is 0 Å². The summed E-state index contributed by atoms with van der Waals surface area (Å²) in [7, 11) is 2.43. The Hall–Kier alpha value is -0.0800. The second-order valence-electron chi connectivity index (χ2n) is 7.78. The topological polar surface area (TPSA) is 12.5 Å². The molecule has 0 amide bonds. The van der Waals surface area contributed by atoms with Crippen molar-refractivity contribution in [3.63, 3.8) is 0 Å². The summed E-state index contributed by atoms with van der Waals surface area (Å²) < 4.78 is 6.60. The van der Waals surface area contributed by atoms with Crippen molar-refractivity contribution in [1.82, 2.24) is 4.90 Å². The lowest BCUT2D eigenvalue weighted by Crippen LogP contribution is -2.42. The van der Waals surface area contributed by atoms with Gasteiger partial charge in [0.05, 0.1) is 12.2 Å². The summed E-state index contributed by atoms with van der Waals surface area (Å²) in [5.41, 5.74) is 0. The minimum atomic E-state index is 0.557. The normalized spacial score (nSPS) is 40.4. The van der Waals surface area contributed by atoms with Gasteiger partial charge in [0.1, 0.15) is 0 Å². The third kappa shape index (κ3) is 4.45. The zero-order valence-corrected chi connectivity index (χ0v) is 14.1. The second-order valence-corrected chi connectivity index (χ2v) is 7.78. The van der Waals surface area contributed by atoms with E-state index < -0.39 is 0 Å². The van der Waals surface area contributed by atoms with Gasteiger partial charge in [-0.1, -0.05) is 38.5 Å². The van der Waals surface area contributed by atoms with Crippen LogP contribution in [0, 0.1) is 0 Å². The molecule has 3 rings (SSSR count). The Morgan fingerprint density at radius 3 is 1.57 bits per heavy atom. The fourth-order valence-electron chi connectivity index (χ4n) is 4.85. The molecule has 0 aromatic rings. The molecule has 0 spiro atoms. The molecule has 3 fully saturated rings. The molecule has 2 heteroatoms. The molecule has 0 aromatic heterocycles. The fourth-order valence-corrected chi connectivity index (χ4v) is 4.85. The first kappa shape index (κ1) is 15.8. The van der Waals surface area contributed by atoms with E-state index in [0.29, 0.717) is 12.2 Å². The quantitative estimate of drug-likeness (QED) is 0.629. The number of nitrogens with zero attached hydrogens (tertiary/aromatic N) is 1. The van der Waals surface area contributed by atoms with Crippen LogP contribution in [0.15, 0.2) is 0 Å². The van der Waals surface area contributed by atoms with Crippen LogP contribution in [-0.2, 0) is 4.74 Å². The smallest absolute Gasteiger partial charge is 0.0579 e. The van der Waals surface area contributed by atoms with E-state index in [4.69, 9.17) is 4.74 Å². The summed E-state index contributed by atoms with van der Waals surface area (Å²) in [6, 6.07) is 1.63. The average molecular weight is 293 g/mol. The summed E-state index contributed by atoms with van der Waals surface area (Å²) in [5.74, 6) is 0. The molecule has 2 aliphatic carbocycles. The molecule has 4 bridgehead atoms. The maximum absolute atomic E-state index is 6.60. The highest BCUT2D eigenvalue weighted by Gasteiger charge is 2.29. The highest BCUT2D eigenvalue weighted by atomic mass is 16.5. The van der Waals surface area contributed by atoms with Crippen molar-refractivity contribution in [2.45, 2.75) is 114 Å². The third-order valence-electron chi connectivity index (χ3n) is 6.31. The van der Waals surface area contributed by atoms with Gasteiger partial charge in [0.25, 0.3) is 0 Å². The summed E-state index contributed by atoms with van der Waals surface area (Å²) in [4.78, 5) is 2.79. The minimum absolute atomic E-state index is 0.557. The van der Waals surface area contributed by atoms with Gasteiger partial charge in [-0.05, 0) is 58.4 Å². The zero-order valence-electron chi connectivity index (χ0n) is 14.1. The van der Waals surface area contributed by atoms with Gasteiger partial charge < -0.3 is 9.64 Å². The number of fused-ring (bicyclic) bond motifs is 6. The average Bonchev–Trinajstić information content (AvgIpc) is 2.68. The van der Waals surface area contributed by atoms with Crippen LogP contribution < -0.4 is 0 Å². The molecule has 2 saturated carbocycles. The van der Waals surface area contributed by atoms with Crippen molar-refractivity contribution in [3.05, 3.63) is 0 Å². The van der Waals surface area contributed by atoms with Crippen molar-refractivity contribution in [2.75, 3.05) is 7.05 Å². The first-order chi connectivity index (χ1) is 10.3. The maximum Gasteiger partial charge on any atom is 0.0579 e. The number of rotatable bonds is 0. The van der Waals surface area contributed by atoms with Gasteiger partial charge in [0.2, 0.25) is 0 Å². The molecule has 1 heterocycles. The Bertz CT molecular complexity index is 278. The number of hydrogen-bond acceptors (Lipinski definition) is 2. The van der Waals surface area contributed by atoms with Crippen molar-refractivity contribution >= 4 is 0 Å². The molecule has 2 nitrogen and oxygen atoms in total. The zero-order chi connectivity index (χ0) is 14.5. The first-order valence-corrected chi connectivity index (χ1v) is 9.70. The predicted molar refractivity (Wildman–Crippen MR) is 88.6 cm³/mol. The SMILES string of the molecule is CN1C2CCCCCC(CC2)OC2CCCCCC1CC2. The Labute approximate surface area is 131 Å². The van der Waals surface area contributed by atoms with E-state index in [1.807, 2.05) is 0 Å². The molecular weight excluding hydrogens is 258 g/mol. The van der Waals surface area contributed by atoms with E-state index in [2.05, 4.69) is 11.9 Å². The monoisotopic (exact) mass is 293 g/mol. The van der Waals surface area contributed by atoms with Crippen LogP contribution in [0.3, 0.4) is 0 Å². The van der Waals surface area contributed by atoms with Crippen molar-refractivity contribution in [2.24, 2.45) is 0 Å². The number of ether oxygens (including phenoxy) is 1. The molecule has 1 saturated heterocycles. The van der Waals surface area contributed by atoms with Crippen molar-refractivity contribution in [3.8, 4) is 0 Å². The van der Waals surface area contributed by atoms with Crippen LogP contribution in [0.4, 0.5) is 0 Å². The van der Waals surface area contributed by atoms with Gasteiger partial charge >= 0.3 is 0 Å². The van der Waals surface area contributed by atoms with E-state index in [1.54, 1.807) is 0 Å². The van der Waals surface area contributed by atoms with Gasteiger partial charge in [0.15, 0.2) is 0 Å². The molecule has 4 atom stereocenters. The standard InChI is InChI=1S/C19H35NO/c1-20-16-8-4-2-6-10-18(14-12-16)21-19-11-7-3-5-9-17(20)13-15-19/h16-19H,2-15H2,1H3. The lowest BCUT2D eigenvalue weighted by Gasteiger charge is -2.38. The molecule has 0 N–H and O–H groups in total. The van der Waals surface area contributed by atoms with E-state index >= 15 is 0 Å². The van der Waals surface area contributed by atoms with Gasteiger partial charge in [-0.15, -0.1) is 0 Å². The summed E-state index contributed by atoms with van der Waals surface area (Å²) in [6.45, 7) is 0. The molecule has 1 aliphatic heterocycles. The van der Waals surface area contributed by atoms with Gasteiger partial charge in [0, 0.05) is 12.1 Å². The van der Waals surface area contributed by atoms with E-state index in [9.17, 15) is 0 Å². The third-order valence-corrected chi connectivity index (χ3v) is 6.31. The largest absolute Gasteiger partial charge is 0.375 e. The summed E-state index contributed by atoms with van der Waals surface area (Å²) in [6.07, 6.45) is 20.4. The van der Waals surface area contributed by atoms with Crippen LogP contribution in [0.1, 0.15) is 89.9 Å². The highest BCUT2D eigenvalue weighted by molar-refractivity contribution is 4.83. The van der Waals surface area contributed by atoms with Crippen molar-refractivity contribution in [1.29, 1.82) is 0 Å². The van der Waals surface area contributed by atoms with Crippen LogP contribution in [0.2, 0.25) is 0 Å². The molecular formula is C19H35NO. The number of hydrogen-bond donors (Lipinski definition) is 0. The van der Waals surface area contributed by atoms with Crippen LogP contribution >= 0.6 is 0 Å². The van der Waals surface area contributed by atoms with E-state index in [0.717, 1.165) is 12.1 Å². The van der Waals surface area contributed by atoms with Crippen LogP contribution in [0.5, 0.6) is 0 Å². The Morgan fingerprint density at radius 2 is 1.05 bits per heavy atom. The minimum Gasteiger partial charge on any atom is -0.375 e. The summed E-state index contributed by atoms with van der Waals surface area (Å²) in [5, 5.41) is 0. The molecule has 4 unspecified atom stereocenters. The second kappa shape index (κ2) is 7.97. The predicted octanol–water partition coefficient (Wildman–Crippen LogP) is 4.91. The van der Waals surface area contributed by atoms with E-state index in [-0.39, 0.29) is 0 Å². The Morgan fingerprint density at radius 1 is 0.571 bits per heavy atom. The fraction of sp³-hybridized carbons (Fsp3) is 1.00. The molecule has 21 heavy (non-hydrogen) atoms. The lowest BCUT2D eigenvalue weighted by molar-refractivity contribution is -0.0418. The lowest BCUT2D eigenvalue weighted by atomic mass is 9.95. The van der Waals surface area contributed by atoms with Gasteiger partial charge in [-0.3, -0.25) is 0 Å². The first-order valence-electron chi connectivity index (χ1n) is 9.70.